The number of likely N-dealkylation sites (tertiary alicyclic amines) is 1. The summed E-state index contributed by atoms with van der Waals surface area (Å²) in [6.07, 6.45) is 4.15. The molecular weight excluding hydrogens is 424 g/mol. The quantitative estimate of drug-likeness (QED) is 0.565. The molecule has 1 amide bonds. The molecule has 0 spiro atoms. The zero-order valence-corrected chi connectivity index (χ0v) is 20.4. The molecule has 2 N–H and O–H groups in total. The van der Waals surface area contributed by atoms with Gasteiger partial charge < -0.3 is 20.3 Å². The van der Waals surface area contributed by atoms with Crippen LogP contribution in [0.1, 0.15) is 44.2 Å². The van der Waals surface area contributed by atoms with E-state index in [9.17, 15) is 4.79 Å². The summed E-state index contributed by atoms with van der Waals surface area (Å²) in [5.41, 5.74) is 12.6. The van der Waals surface area contributed by atoms with E-state index in [1.807, 2.05) is 4.90 Å². The summed E-state index contributed by atoms with van der Waals surface area (Å²) in [6.45, 7) is 9.57. The highest BCUT2D eigenvalue weighted by Crippen LogP contribution is 2.44. The number of nitrogens with two attached hydrogens (primary N) is 1. The van der Waals surface area contributed by atoms with Crippen molar-refractivity contribution in [2.24, 2.45) is 0 Å². The molecule has 2 atom stereocenters. The van der Waals surface area contributed by atoms with Crippen LogP contribution in [0.3, 0.4) is 0 Å². The fourth-order valence-corrected chi connectivity index (χ4v) is 5.88. The first-order valence-electron chi connectivity index (χ1n) is 12.3. The number of aromatic nitrogens is 1. The minimum absolute atomic E-state index is 0.226. The Balaban J connectivity index is 1.64. The number of ether oxygens (including phenoxy) is 1. The fraction of sp³-hybridized carbons (Fsp3) is 0.429. The third-order valence-corrected chi connectivity index (χ3v) is 7.76. The van der Waals surface area contributed by atoms with Gasteiger partial charge in [0.1, 0.15) is 5.82 Å². The van der Waals surface area contributed by atoms with E-state index in [1.54, 1.807) is 0 Å². The van der Waals surface area contributed by atoms with E-state index in [0.29, 0.717) is 19.0 Å². The zero-order chi connectivity index (χ0) is 23.9. The van der Waals surface area contributed by atoms with E-state index in [1.165, 1.54) is 16.7 Å². The first kappa shape index (κ1) is 22.7. The number of carbonyl (C=O) groups excluding carboxylic acids is 1. The lowest BCUT2D eigenvalue weighted by Crippen LogP contribution is -2.51. The Morgan fingerprint density at radius 3 is 2.74 bits per heavy atom. The molecule has 2 aliphatic heterocycles. The molecule has 0 saturated carbocycles. The van der Waals surface area contributed by atoms with Crippen LogP contribution in [-0.2, 0) is 15.1 Å². The number of benzene rings is 2. The lowest BCUT2D eigenvalue weighted by atomic mass is 9.76. The molecule has 178 valence electrons. The molecule has 34 heavy (non-hydrogen) atoms. The van der Waals surface area contributed by atoms with Gasteiger partial charge in [0.2, 0.25) is 6.41 Å². The minimum Gasteiger partial charge on any atom is -0.382 e. The van der Waals surface area contributed by atoms with Crippen LogP contribution in [0.25, 0.3) is 22.0 Å². The molecule has 6 heteroatoms. The van der Waals surface area contributed by atoms with Crippen LogP contribution >= 0.6 is 0 Å². The van der Waals surface area contributed by atoms with E-state index >= 15 is 0 Å². The second kappa shape index (κ2) is 8.91. The molecule has 3 aromatic rings. The van der Waals surface area contributed by atoms with E-state index < -0.39 is 0 Å². The summed E-state index contributed by atoms with van der Waals surface area (Å²) in [5.74, 6) is 0.559. The Morgan fingerprint density at radius 1 is 1.18 bits per heavy atom. The average molecular weight is 459 g/mol. The summed E-state index contributed by atoms with van der Waals surface area (Å²) in [5, 5.41) is 1.07. The smallest absolute Gasteiger partial charge is 0.210 e. The van der Waals surface area contributed by atoms with Crippen molar-refractivity contribution in [3.63, 3.8) is 0 Å². The first-order valence-corrected chi connectivity index (χ1v) is 12.3. The number of amides is 1. The SMILES string of the molecule is Cc1cccc([C@]2(C)CCC[C@@H](C)N2C=O)c1-c1ccc2nc(N)c(N3CCOCC3)cc2c1. The number of anilines is 2. The predicted molar refractivity (Wildman–Crippen MR) is 138 cm³/mol. The number of hydrogen-bond acceptors (Lipinski definition) is 5. The van der Waals surface area contributed by atoms with Gasteiger partial charge in [-0.3, -0.25) is 4.79 Å². The lowest BCUT2D eigenvalue weighted by molar-refractivity contribution is -0.129. The van der Waals surface area contributed by atoms with Gasteiger partial charge in [0.15, 0.2) is 0 Å². The van der Waals surface area contributed by atoms with E-state index in [4.69, 9.17) is 15.5 Å². The summed E-state index contributed by atoms with van der Waals surface area (Å²) in [6, 6.07) is 15.3. The largest absolute Gasteiger partial charge is 0.382 e. The molecule has 0 aliphatic carbocycles. The third-order valence-electron chi connectivity index (χ3n) is 7.76. The number of hydrogen-bond donors (Lipinski definition) is 1. The number of aryl methyl sites for hydroxylation is 1. The second-order valence-electron chi connectivity index (χ2n) is 9.92. The normalized spacial score (nSPS) is 23.3. The summed E-state index contributed by atoms with van der Waals surface area (Å²) in [4.78, 5) is 21.2. The summed E-state index contributed by atoms with van der Waals surface area (Å²) in [7, 11) is 0. The van der Waals surface area contributed by atoms with Gasteiger partial charge in [-0.1, -0.05) is 24.3 Å². The van der Waals surface area contributed by atoms with Crippen LogP contribution in [0.15, 0.2) is 42.5 Å². The molecule has 1 aromatic heterocycles. The summed E-state index contributed by atoms with van der Waals surface area (Å²) >= 11 is 0. The minimum atomic E-state index is -0.339. The first-order chi connectivity index (χ1) is 16.4. The van der Waals surface area contributed by atoms with Crippen LogP contribution in [0.4, 0.5) is 11.5 Å². The Bertz CT molecular complexity index is 1220. The number of carbonyl (C=O) groups is 1. The number of fused-ring (bicyclic) bond motifs is 1. The maximum atomic E-state index is 12.2. The molecule has 2 saturated heterocycles. The van der Waals surface area contributed by atoms with Gasteiger partial charge in [0.25, 0.3) is 0 Å². The Hall–Kier alpha value is -3.12. The van der Waals surface area contributed by atoms with Crippen LogP contribution in [0.5, 0.6) is 0 Å². The van der Waals surface area contributed by atoms with E-state index in [-0.39, 0.29) is 11.6 Å². The van der Waals surface area contributed by atoms with Gasteiger partial charge in [-0.05, 0) is 80.5 Å². The third kappa shape index (κ3) is 3.80. The molecule has 0 radical (unpaired) electrons. The molecule has 3 heterocycles. The van der Waals surface area contributed by atoms with Crippen molar-refractivity contribution in [3.8, 4) is 11.1 Å². The summed E-state index contributed by atoms with van der Waals surface area (Å²) < 4.78 is 5.51. The van der Waals surface area contributed by atoms with Gasteiger partial charge in [-0.25, -0.2) is 4.98 Å². The second-order valence-corrected chi connectivity index (χ2v) is 9.92. The van der Waals surface area contributed by atoms with Gasteiger partial charge in [0.05, 0.1) is 30.0 Å². The number of morpholine rings is 1. The predicted octanol–water partition coefficient (Wildman–Crippen LogP) is 4.88. The highest BCUT2D eigenvalue weighted by atomic mass is 16.5. The molecule has 5 rings (SSSR count). The van der Waals surface area contributed by atoms with Crippen molar-refractivity contribution in [2.45, 2.75) is 51.6 Å². The monoisotopic (exact) mass is 458 g/mol. The maximum Gasteiger partial charge on any atom is 0.210 e. The molecule has 2 fully saturated rings. The molecule has 2 aromatic carbocycles. The van der Waals surface area contributed by atoms with Gasteiger partial charge in [0, 0.05) is 24.5 Å². The molecule has 0 unspecified atom stereocenters. The van der Waals surface area contributed by atoms with Crippen molar-refractivity contribution >= 4 is 28.8 Å². The van der Waals surface area contributed by atoms with Crippen LogP contribution in [0.2, 0.25) is 0 Å². The number of piperidine rings is 1. The fourth-order valence-electron chi connectivity index (χ4n) is 5.88. The molecule has 0 bridgehead atoms. The molecule has 6 nitrogen and oxygen atoms in total. The number of rotatable bonds is 4. The topological polar surface area (TPSA) is 71.7 Å². The highest BCUT2D eigenvalue weighted by molar-refractivity contribution is 5.91. The van der Waals surface area contributed by atoms with E-state index in [0.717, 1.165) is 60.9 Å². The highest BCUT2D eigenvalue weighted by Gasteiger charge is 2.40. The van der Waals surface area contributed by atoms with Crippen LogP contribution in [0, 0.1) is 6.92 Å². The van der Waals surface area contributed by atoms with Crippen molar-refractivity contribution in [3.05, 3.63) is 53.6 Å². The van der Waals surface area contributed by atoms with Gasteiger partial charge >= 0.3 is 0 Å². The van der Waals surface area contributed by atoms with Crippen molar-refractivity contribution in [1.29, 1.82) is 0 Å². The van der Waals surface area contributed by atoms with Crippen molar-refractivity contribution in [2.75, 3.05) is 36.9 Å². The zero-order valence-electron chi connectivity index (χ0n) is 20.4. The average Bonchev–Trinajstić information content (AvgIpc) is 2.84. The van der Waals surface area contributed by atoms with Crippen molar-refractivity contribution < 1.29 is 9.53 Å². The Labute approximate surface area is 201 Å². The standard InChI is InChI=1S/C28H34N4O2/c1-19-6-4-8-23(28(3)11-5-7-20(2)32(28)18-33)26(19)21-9-10-24-22(16-21)17-25(27(29)30-24)31-12-14-34-15-13-31/h4,6,8-10,16-18,20H,5,7,11-15H2,1-3H3,(H2,29,30)/t20-,28+/m1/s1. The molecular formula is C28H34N4O2. The Kier molecular flexibility index (Phi) is 5.94. The molecule has 2 aliphatic rings. The van der Waals surface area contributed by atoms with E-state index in [2.05, 4.69) is 68.1 Å². The maximum absolute atomic E-state index is 12.2. The number of pyridine rings is 1. The number of nitrogen functional groups attached to an aromatic ring is 1. The Morgan fingerprint density at radius 2 is 1.97 bits per heavy atom. The van der Waals surface area contributed by atoms with Crippen molar-refractivity contribution in [1.82, 2.24) is 9.88 Å². The van der Waals surface area contributed by atoms with Gasteiger partial charge in [-0.15, -0.1) is 0 Å². The van der Waals surface area contributed by atoms with Crippen LogP contribution < -0.4 is 10.6 Å². The van der Waals surface area contributed by atoms with Gasteiger partial charge in [-0.2, -0.15) is 0 Å². The van der Waals surface area contributed by atoms with Crippen LogP contribution in [-0.4, -0.2) is 48.6 Å². The lowest BCUT2D eigenvalue weighted by Gasteiger charge is -2.48. The number of nitrogens with zero attached hydrogens (tertiary/aromatic N) is 3.